The molecule has 23 heavy (non-hydrogen) atoms. The molecule has 3 aromatic rings. The summed E-state index contributed by atoms with van der Waals surface area (Å²) in [6.07, 6.45) is 4.13. The Kier molecular flexibility index (Phi) is 4.20. The first kappa shape index (κ1) is 15.3. The van der Waals surface area contributed by atoms with E-state index in [1.807, 2.05) is 44.3 Å². The normalized spacial score (nSPS) is 11.0. The van der Waals surface area contributed by atoms with Crippen LogP contribution in [0.2, 0.25) is 0 Å². The quantitative estimate of drug-likeness (QED) is 0.671. The van der Waals surface area contributed by atoms with Crippen molar-refractivity contribution in [2.45, 2.75) is 33.1 Å². The average Bonchev–Trinajstić information content (AvgIpc) is 2.89. The van der Waals surface area contributed by atoms with Gasteiger partial charge in [0.15, 0.2) is 5.78 Å². The third-order valence-corrected chi connectivity index (χ3v) is 4.36. The van der Waals surface area contributed by atoms with Crippen molar-refractivity contribution in [2.75, 3.05) is 0 Å². The lowest BCUT2D eigenvalue weighted by Gasteiger charge is -2.08. The largest absolute Gasteiger partial charge is 0.508 e. The fourth-order valence-corrected chi connectivity index (χ4v) is 3.19. The molecule has 0 spiro atoms. The highest BCUT2D eigenvalue weighted by Crippen LogP contribution is 2.24. The fourth-order valence-electron chi connectivity index (χ4n) is 3.19. The van der Waals surface area contributed by atoms with Gasteiger partial charge in [0, 0.05) is 29.1 Å². The second kappa shape index (κ2) is 6.29. The Morgan fingerprint density at radius 1 is 1.13 bits per heavy atom. The molecule has 0 saturated heterocycles. The number of carbonyl (C=O) groups is 1. The number of aromatic hydroxyl groups is 1. The number of rotatable bonds is 5. The molecule has 2 N–H and O–H groups in total. The van der Waals surface area contributed by atoms with Crippen molar-refractivity contribution >= 4 is 16.7 Å². The van der Waals surface area contributed by atoms with Gasteiger partial charge in [-0.2, -0.15) is 0 Å². The molecule has 3 heteroatoms. The van der Waals surface area contributed by atoms with Gasteiger partial charge in [0.05, 0.1) is 0 Å². The van der Waals surface area contributed by atoms with E-state index in [-0.39, 0.29) is 11.5 Å². The SMILES string of the molecule is Cc1cccc(C)c1C(=O)CCCc1c[nH]c2ccc(O)cc12. The van der Waals surface area contributed by atoms with E-state index in [0.717, 1.165) is 46.0 Å². The Bertz CT molecular complexity index is 841. The molecule has 3 rings (SSSR count). The van der Waals surface area contributed by atoms with Gasteiger partial charge in [0.2, 0.25) is 0 Å². The minimum absolute atomic E-state index is 0.211. The van der Waals surface area contributed by atoms with Gasteiger partial charge in [-0.25, -0.2) is 0 Å². The van der Waals surface area contributed by atoms with Crippen molar-refractivity contribution in [1.82, 2.24) is 4.98 Å². The molecule has 0 bridgehead atoms. The van der Waals surface area contributed by atoms with Crippen molar-refractivity contribution in [3.05, 3.63) is 64.8 Å². The molecule has 118 valence electrons. The van der Waals surface area contributed by atoms with Crippen LogP contribution in [0.1, 0.15) is 39.9 Å². The molecule has 0 unspecified atom stereocenters. The lowest BCUT2D eigenvalue weighted by molar-refractivity contribution is 0.0979. The zero-order chi connectivity index (χ0) is 16.4. The number of carbonyl (C=O) groups excluding carboxylic acids is 1. The smallest absolute Gasteiger partial charge is 0.163 e. The van der Waals surface area contributed by atoms with Gasteiger partial charge in [0.1, 0.15) is 5.75 Å². The number of benzene rings is 2. The van der Waals surface area contributed by atoms with Crippen molar-refractivity contribution in [2.24, 2.45) is 0 Å². The van der Waals surface area contributed by atoms with Gasteiger partial charge in [-0.05, 0) is 61.6 Å². The average molecular weight is 307 g/mol. The molecule has 0 radical (unpaired) electrons. The first-order valence-corrected chi connectivity index (χ1v) is 7.94. The van der Waals surface area contributed by atoms with E-state index in [9.17, 15) is 9.90 Å². The number of nitrogens with one attached hydrogen (secondary N) is 1. The zero-order valence-electron chi connectivity index (χ0n) is 13.5. The summed E-state index contributed by atoms with van der Waals surface area (Å²) in [6.45, 7) is 3.98. The number of fused-ring (bicyclic) bond motifs is 1. The predicted octanol–water partition coefficient (Wildman–Crippen LogP) is 4.70. The number of aryl methyl sites for hydroxylation is 3. The van der Waals surface area contributed by atoms with Crippen LogP contribution >= 0.6 is 0 Å². The second-order valence-electron chi connectivity index (χ2n) is 6.09. The molecule has 0 amide bonds. The van der Waals surface area contributed by atoms with E-state index in [1.165, 1.54) is 0 Å². The van der Waals surface area contributed by atoms with Crippen LogP contribution in [0, 0.1) is 13.8 Å². The van der Waals surface area contributed by atoms with Crippen molar-refractivity contribution in [1.29, 1.82) is 0 Å². The molecule has 0 aliphatic carbocycles. The van der Waals surface area contributed by atoms with Crippen LogP contribution in [0.25, 0.3) is 10.9 Å². The highest BCUT2D eigenvalue weighted by Gasteiger charge is 2.12. The number of aromatic amines is 1. The summed E-state index contributed by atoms with van der Waals surface area (Å²) in [6, 6.07) is 11.3. The monoisotopic (exact) mass is 307 g/mol. The predicted molar refractivity (Wildman–Crippen MR) is 93.1 cm³/mol. The van der Waals surface area contributed by atoms with Gasteiger partial charge in [-0.15, -0.1) is 0 Å². The maximum absolute atomic E-state index is 12.5. The Morgan fingerprint density at radius 3 is 2.61 bits per heavy atom. The number of hydrogen-bond acceptors (Lipinski definition) is 2. The minimum Gasteiger partial charge on any atom is -0.508 e. The first-order chi connectivity index (χ1) is 11.1. The van der Waals surface area contributed by atoms with Crippen LogP contribution < -0.4 is 0 Å². The summed E-state index contributed by atoms with van der Waals surface area (Å²) in [7, 11) is 0. The lowest BCUT2D eigenvalue weighted by atomic mass is 9.95. The number of hydrogen-bond donors (Lipinski definition) is 2. The molecule has 0 saturated carbocycles. The first-order valence-electron chi connectivity index (χ1n) is 7.94. The molecule has 0 aliphatic heterocycles. The van der Waals surface area contributed by atoms with Crippen molar-refractivity contribution in [3.8, 4) is 5.75 Å². The van der Waals surface area contributed by atoms with Crippen LogP contribution in [-0.2, 0) is 6.42 Å². The number of aromatic nitrogens is 1. The molecule has 0 atom stereocenters. The fraction of sp³-hybridized carbons (Fsp3) is 0.250. The van der Waals surface area contributed by atoms with E-state index in [2.05, 4.69) is 4.98 Å². The van der Waals surface area contributed by atoms with Gasteiger partial charge in [-0.1, -0.05) is 18.2 Å². The van der Waals surface area contributed by atoms with Crippen molar-refractivity contribution in [3.63, 3.8) is 0 Å². The Balaban J connectivity index is 1.69. The Morgan fingerprint density at radius 2 is 1.87 bits per heavy atom. The summed E-state index contributed by atoms with van der Waals surface area (Å²) in [5, 5.41) is 10.7. The Labute approximate surface area is 136 Å². The number of Topliss-reactive ketones (excluding diaryl/α,β-unsaturated/α-hetero) is 1. The van der Waals surface area contributed by atoms with E-state index in [1.54, 1.807) is 12.1 Å². The van der Waals surface area contributed by atoms with Crippen LogP contribution in [-0.4, -0.2) is 15.9 Å². The van der Waals surface area contributed by atoms with Crippen LogP contribution in [0.4, 0.5) is 0 Å². The van der Waals surface area contributed by atoms with Crippen molar-refractivity contribution < 1.29 is 9.90 Å². The van der Waals surface area contributed by atoms with Gasteiger partial charge in [0.25, 0.3) is 0 Å². The van der Waals surface area contributed by atoms with Gasteiger partial charge >= 0.3 is 0 Å². The molecule has 0 fully saturated rings. The van der Waals surface area contributed by atoms with Gasteiger partial charge in [-0.3, -0.25) is 4.79 Å². The van der Waals surface area contributed by atoms with Crippen LogP contribution in [0.3, 0.4) is 0 Å². The Hall–Kier alpha value is -2.55. The number of ketones is 1. The molecule has 2 aromatic carbocycles. The highest BCUT2D eigenvalue weighted by molar-refractivity contribution is 5.98. The number of H-pyrrole nitrogens is 1. The summed E-state index contributed by atoms with van der Waals surface area (Å²) in [5.41, 5.74) is 5.12. The van der Waals surface area contributed by atoms with E-state index < -0.39 is 0 Å². The highest BCUT2D eigenvalue weighted by atomic mass is 16.3. The molecule has 1 aromatic heterocycles. The molecule has 0 aliphatic rings. The van der Waals surface area contributed by atoms with Crippen LogP contribution in [0.5, 0.6) is 5.75 Å². The molecular formula is C20H21NO2. The zero-order valence-corrected chi connectivity index (χ0v) is 13.5. The number of phenols is 1. The summed E-state index contributed by atoms with van der Waals surface area (Å²) >= 11 is 0. The summed E-state index contributed by atoms with van der Waals surface area (Å²) in [4.78, 5) is 15.7. The molecular weight excluding hydrogens is 286 g/mol. The third kappa shape index (κ3) is 3.14. The van der Waals surface area contributed by atoms with Crippen LogP contribution in [0.15, 0.2) is 42.6 Å². The summed E-state index contributed by atoms with van der Waals surface area (Å²) < 4.78 is 0. The van der Waals surface area contributed by atoms with E-state index >= 15 is 0 Å². The van der Waals surface area contributed by atoms with E-state index in [4.69, 9.17) is 0 Å². The third-order valence-electron chi connectivity index (χ3n) is 4.36. The maximum atomic E-state index is 12.5. The number of phenolic OH excluding ortho intramolecular Hbond substituents is 1. The van der Waals surface area contributed by atoms with Gasteiger partial charge < -0.3 is 10.1 Å². The lowest BCUT2D eigenvalue weighted by Crippen LogP contribution is -2.05. The maximum Gasteiger partial charge on any atom is 0.163 e. The second-order valence-corrected chi connectivity index (χ2v) is 6.09. The minimum atomic E-state index is 0.211. The summed E-state index contributed by atoms with van der Waals surface area (Å²) in [5.74, 6) is 0.480. The molecule has 1 heterocycles. The molecule has 3 nitrogen and oxygen atoms in total. The van der Waals surface area contributed by atoms with E-state index in [0.29, 0.717) is 6.42 Å². The standard InChI is InChI=1S/C20H21NO2/c1-13-5-3-6-14(2)20(13)19(23)8-4-7-15-12-21-18-10-9-16(22)11-17(15)18/h3,5-6,9-12,21-22H,4,7-8H2,1-2H3. The topological polar surface area (TPSA) is 53.1 Å².